The van der Waals surface area contributed by atoms with Gasteiger partial charge in [-0.2, -0.15) is 0 Å². The lowest BCUT2D eigenvalue weighted by molar-refractivity contribution is -0.144. The number of nitrogens with one attached hydrogen (secondary N) is 1. The second kappa shape index (κ2) is 9.25. The van der Waals surface area contributed by atoms with Crippen molar-refractivity contribution in [1.82, 2.24) is 15.1 Å². The summed E-state index contributed by atoms with van der Waals surface area (Å²) in [4.78, 5) is 51.1. The summed E-state index contributed by atoms with van der Waals surface area (Å²) < 4.78 is 0. The van der Waals surface area contributed by atoms with Crippen LogP contribution in [0.15, 0.2) is 24.3 Å². The summed E-state index contributed by atoms with van der Waals surface area (Å²) in [6.45, 7) is 2.04. The Morgan fingerprint density at radius 2 is 1.87 bits per heavy atom. The normalized spacial score (nSPS) is 19.9. The van der Waals surface area contributed by atoms with Gasteiger partial charge in [0.1, 0.15) is 6.04 Å². The lowest BCUT2D eigenvalue weighted by atomic mass is 9.95. The van der Waals surface area contributed by atoms with Crippen LogP contribution >= 0.6 is 0 Å². The molecule has 3 atom stereocenters. The molecule has 162 valence electrons. The Bertz CT molecular complexity index is 797. The van der Waals surface area contributed by atoms with Crippen molar-refractivity contribution in [2.75, 3.05) is 6.54 Å². The van der Waals surface area contributed by atoms with Gasteiger partial charge in [0.05, 0.1) is 6.10 Å². The molecule has 30 heavy (non-hydrogen) atoms. The SMILES string of the molecule is C[C@H](O)[C@@H](NC(=O)CCCCCN1C(=O)[C@H]2Cc3ccccc3CN2C1=O)C(=O)O. The second-order valence-corrected chi connectivity index (χ2v) is 7.82. The van der Waals surface area contributed by atoms with Crippen molar-refractivity contribution >= 4 is 23.8 Å². The number of rotatable bonds is 9. The van der Waals surface area contributed by atoms with Gasteiger partial charge in [-0.15, -0.1) is 0 Å². The largest absolute Gasteiger partial charge is 0.480 e. The summed E-state index contributed by atoms with van der Waals surface area (Å²) in [6.07, 6.45) is 1.13. The molecule has 0 bridgehead atoms. The third-order valence-electron chi connectivity index (χ3n) is 5.63. The van der Waals surface area contributed by atoms with Crippen LogP contribution in [0.4, 0.5) is 4.79 Å². The lowest BCUT2D eigenvalue weighted by Crippen LogP contribution is -2.47. The average Bonchev–Trinajstić information content (AvgIpc) is 2.93. The number of nitrogens with zero attached hydrogens (tertiary/aromatic N) is 2. The van der Waals surface area contributed by atoms with Gasteiger partial charge < -0.3 is 20.4 Å². The first-order chi connectivity index (χ1) is 14.3. The van der Waals surface area contributed by atoms with Crippen LogP contribution < -0.4 is 5.32 Å². The average molecular weight is 417 g/mol. The highest BCUT2D eigenvalue weighted by atomic mass is 16.4. The third kappa shape index (κ3) is 4.62. The number of carboxylic acid groups (broad SMARTS) is 1. The molecule has 2 aliphatic heterocycles. The fourth-order valence-electron chi connectivity index (χ4n) is 3.95. The Morgan fingerprint density at radius 3 is 2.53 bits per heavy atom. The van der Waals surface area contributed by atoms with Gasteiger partial charge in [-0.3, -0.25) is 14.5 Å². The zero-order valence-corrected chi connectivity index (χ0v) is 16.9. The number of amides is 4. The van der Waals surface area contributed by atoms with Gasteiger partial charge in [-0.25, -0.2) is 9.59 Å². The van der Waals surface area contributed by atoms with E-state index in [1.165, 1.54) is 11.8 Å². The molecule has 0 unspecified atom stereocenters. The van der Waals surface area contributed by atoms with Crippen LogP contribution in [0.25, 0.3) is 0 Å². The first kappa shape index (κ1) is 21.8. The maximum absolute atomic E-state index is 12.7. The number of benzene rings is 1. The zero-order valence-electron chi connectivity index (χ0n) is 16.9. The molecule has 1 fully saturated rings. The maximum Gasteiger partial charge on any atom is 0.328 e. The van der Waals surface area contributed by atoms with Crippen molar-refractivity contribution in [3.63, 3.8) is 0 Å². The number of fused-ring (bicyclic) bond motifs is 2. The molecule has 0 aromatic heterocycles. The number of carboxylic acids is 1. The Hall–Kier alpha value is -2.94. The minimum absolute atomic E-state index is 0.114. The van der Waals surface area contributed by atoms with E-state index in [0.717, 1.165) is 11.1 Å². The Kier molecular flexibility index (Phi) is 6.71. The zero-order chi connectivity index (χ0) is 21.8. The van der Waals surface area contributed by atoms with Gasteiger partial charge in [-0.1, -0.05) is 30.7 Å². The smallest absolute Gasteiger partial charge is 0.328 e. The van der Waals surface area contributed by atoms with Crippen molar-refractivity contribution in [3.05, 3.63) is 35.4 Å². The molecule has 1 saturated heterocycles. The van der Waals surface area contributed by atoms with Gasteiger partial charge in [-0.05, 0) is 30.9 Å². The van der Waals surface area contributed by atoms with Crippen molar-refractivity contribution < 1.29 is 29.4 Å². The number of aliphatic hydroxyl groups excluding tert-OH is 1. The molecule has 0 aliphatic carbocycles. The van der Waals surface area contributed by atoms with E-state index in [2.05, 4.69) is 5.32 Å². The van der Waals surface area contributed by atoms with Crippen LogP contribution in [0.3, 0.4) is 0 Å². The van der Waals surface area contributed by atoms with E-state index >= 15 is 0 Å². The van der Waals surface area contributed by atoms with Crippen LogP contribution in [0.1, 0.15) is 43.7 Å². The number of imide groups is 1. The number of carbonyl (C=O) groups excluding carboxylic acids is 3. The monoisotopic (exact) mass is 417 g/mol. The predicted octanol–water partition coefficient (Wildman–Crippen LogP) is 0.886. The number of carbonyl (C=O) groups is 4. The summed E-state index contributed by atoms with van der Waals surface area (Å²) in [6, 6.07) is 5.79. The highest BCUT2D eigenvalue weighted by Gasteiger charge is 2.46. The van der Waals surface area contributed by atoms with E-state index in [0.29, 0.717) is 38.8 Å². The van der Waals surface area contributed by atoms with E-state index < -0.39 is 30.1 Å². The lowest BCUT2D eigenvalue weighted by Gasteiger charge is -2.28. The van der Waals surface area contributed by atoms with E-state index in [1.54, 1.807) is 4.90 Å². The van der Waals surface area contributed by atoms with Gasteiger partial charge in [0.25, 0.3) is 5.91 Å². The molecule has 3 N–H and O–H groups in total. The van der Waals surface area contributed by atoms with Crippen molar-refractivity contribution in [2.45, 2.75) is 63.8 Å². The van der Waals surface area contributed by atoms with Crippen molar-refractivity contribution in [3.8, 4) is 0 Å². The van der Waals surface area contributed by atoms with Crippen LogP contribution in [0.5, 0.6) is 0 Å². The molecule has 4 amide bonds. The first-order valence-corrected chi connectivity index (χ1v) is 10.2. The van der Waals surface area contributed by atoms with Gasteiger partial charge in [0, 0.05) is 25.9 Å². The summed E-state index contributed by atoms with van der Waals surface area (Å²) in [5, 5.41) is 20.6. The van der Waals surface area contributed by atoms with E-state index in [9.17, 15) is 24.3 Å². The molecule has 1 aromatic rings. The highest BCUT2D eigenvalue weighted by Crippen LogP contribution is 2.30. The number of unbranched alkanes of at least 4 members (excludes halogenated alkanes) is 2. The highest BCUT2D eigenvalue weighted by molar-refractivity contribution is 6.04. The first-order valence-electron chi connectivity index (χ1n) is 10.2. The number of urea groups is 1. The van der Waals surface area contributed by atoms with E-state index in [-0.39, 0.29) is 18.4 Å². The fourth-order valence-corrected chi connectivity index (χ4v) is 3.95. The minimum atomic E-state index is -1.33. The Morgan fingerprint density at radius 1 is 1.17 bits per heavy atom. The molecule has 2 heterocycles. The summed E-state index contributed by atoms with van der Waals surface area (Å²) >= 11 is 0. The third-order valence-corrected chi connectivity index (χ3v) is 5.63. The summed E-state index contributed by atoms with van der Waals surface area (Å²) in [5.41, 5.74) is 2.17. The quantitative estimate of drug-likeness (QED) is 0.404. The standard InChI is InChI=1S/C21H27N3O6/c1-13(25)18(20(28)29)22-17(26)9-3-2-6-10-23-19(27)16-11-14-7-4-5-8-15(14)12-24(16)21(23)30/h4-5,7-8,13,16,18,25H,2-3,6,9-12H2,1H3,(H,22,26)(H,28,29)/t13-,16+,18+/m0/s1. The fraction of sp³-hybridized carbons (Fsp3) is 0.524. The Balaban J connectivity index is 1.43. The number of hydrogen-bond donors (Lipinski definition) is 3. The van der Waals surface area contributed by atoms with Crippen molar-refractivity contribution in [2.24, 2.45) is 0 Å². The summed E-state index contributed by atoms with van der Waals surface area (Å²) in [5.74, 6) is -1.91. The molecule has 0 saturated carbocycles. The number of aliphatic carboxylic acids is 1. The molecule has 0 radical (unpaired) electrons. The number of hydrogen-bond acceptors (Lipinski definition) is 5. The molecule has 9 heteroatoms. The summed E-state index contributed by atoms with van der Waals surface area (Å²) in [7, 11) is 0. The topological polar surface area (TPSA) is 127 Å². The van der Waals surface area contributed by atoms with Crippen LogP contribution in [-0.2, 0) is 27.3 Å². The molecule has 2 aliphatic rings. The minimum Gasteiger partial charge on any atom is -0.480 e. The number of aliphatic hydroxyl groups is 1. The molecule has 0 spiro atoms. The van der Waals surface area contributed by atoms with Crippen LogP contribution in [0.2, 0.25) is 0 Å². The predicted molar refractivity (Wildman–Crippen MR) is 106 cm³/mol. The molecule has 3 rings (SSSR count). The Labute approximate surface area is 174 Å². The van der Waals surface area contributed by atoms with Crippen LogP contribution in [-0.4, -0.2) is 68.6 Å². The van der Waals surface area contributed by atoms with Gasteiger partial charge in [0.2, 0.25) is 5.91 Å². The van der Waals surface area contributed by atoms with Gasteiger partial charge in [0.15, 0.2) is 6.04 Å². The molecular weight excluding hydrogens is 390 g/mol. The maximum atomic E-state index is 12.7. The van der Waals surface area contributed by atoms with Gasteiger partial charge >= 0.3 is 12.0 Å². The molecule has 1 aromatic carbocycles. The van der Waals surface area contributed by atoms with Crippen LogP contribution in [0, 0.1) is 0 Å². The second-order valence-electron chi connectivity index (χ2n) is 7.82. The van der Waals surface area contributed by atoms with E-state index in [4.69, 9.17) is 5.11 Å². The van der Waals surface area contributed by atoms with Crippen molar-refractivity contribution in [1.29, 1.82) is 0 Å². The molecule has 9 nitrogen and oxygen atoms in total. The van der Waals surface area contributed by atoms with E-state index in [1.807, 2.05) is 24.3 Å². The molecular formula is C21H27N3O6.